The van der Waals surface area contributed by atoms with Crippen LogP contribution in [0.1, 0.15) is 47.0 Å². The highest BCUT2D eigenvalue weighted by molar-refractivity contribution is 5.23. The molecule has 0 aromatic heterocycles. The second kappa shape index (κ2) is 6.90. The van der Waals surface area contributed by atoms with Gasteiger partial charge in [-0.15, -0.1) is 0 Å². The molecule has 0 radical (unpaired) electrons. The Kier molecular flexibility index (Phi) is 5.83. The van der Waals surface area contributed by atoms with Crippen LogP contribution in [0, 0.1) is 11.8 Å². The van der Waals surface area contributed by atoms with Gasteiger partial charge >= 0.3 is 0 Å². The Hall–Kier alpha value is -0.560. The smallest absolute Gasteiger partial charge is 0.0138 e. The molecular formula is C15H27N. The van der Waals surface area contributed by atoms with Crippen LogP contribution >= 0.6 is 0 Å². The zero-order chi connectivity index (χ0) is 12.0. The summed E-state index contributed by atoms with van der Waals surface area (Å²) in [5.41, 5.74) is 1.50. The van der Waals surface area contributed by atoms with Gasteiger partial charge in [-0.1, -0.05) is 38.5 Å². The molecule has 1 N–H and O–H groups in total. The lowest BCUT2D eigenvalue weighted by Crippen LogP contribution is -2.42. The molecule has 2 unspecified atom stereocenters. The van der Waals surface area contributed by atoms with Crippen LogP contribution in [0.2, 0.25) is 0 Å². The highest BCUT2D eigenvalue weighted by Crippen LogP contribution is 2.29. The first-order chi connectivity index (χ1) is 7.70. The highest BCUT2D eigenvalue weighted by atomic mass is 14.9. The monoisotopic (exact) mass is 221 g/mol. The molecule has 0 aromatic rings. The van der Waals surface area contributed by atoms with Crippen LogP contribution in [0.25, 0.3) is 0 Å². The van der Waals surface area contributed by atoms with Crippen molar-refractivity contribution < 1.29 is 0 Å². The van der Waals surface area contributed by atoms with E-state index < -0.39 is 0 Å². The highest BCUT2D eigenvalue weighted by Gasteiger charge is 2.27. The van der Waals surface area contributed by atoms with Crippen LogP contribution in [-0.4, -0.2) is 12.6 Å². The number of nitrogens with one attached hydrogen (secondary N) is 1. The molecule has 1 fully saturated rings. The predicted molar refractivity (Wildman–Crippen MR) is 72.5 cm³/mol. The van der Waals surface area contributed by atoms with Gasteiger partial charge in [0, 0.05) is 12.0 Å². The van der Waals surface area contributed by atoms with E-state index >= 15 is 0 Å². The number of allylic oxidation sites excluding steroid dienone is 3. The maximum Gasteiger partial charge on any atom is 0.0138 e. The van der Waals surface area contributed by atoms with Crippen molar-refractivity contribution in [3.63, 3.8) is 0 Å². The molecule has 0 aliphatic carbocycles. The molecule has 1 aliphatic rings. The van der Waals surface area contributed by atoms with Crippen LogP contribution in [0.15, 0.2) is 23.8 Å². The zero-order valence-electron chi connectivity index (χ0n) is 11.3. The van der Waals surface area contributed by atoms with Gasteiger partial charge in [0.1, 0.15) is 0 Å². The van der Waals surface area contributed by atoms with Gasteiger partial charge in [-0.05, 0) is 44.7 Å². The fourth-order valence-electron chi connectivity index (χ4n) is 2.86. The van der Waals surface area contributed by atoms with Crippen LogP contribution in [0.4, 0.5) is 0 Å². The summed E-state index contributed by atoms with van der Waals surface area (Å²) in [5, 5.41) is 3.70. The Morgan fingerprint density at radius 1 is 1.25 bits per heavy atom. The summed E-state index contributed by atoms with van der Waals surface area (Å²) < 4.78 is 0. The molecule has 0 amide bonds. The third-order valence-electron chi connectivity index (χ3n) is 3.58. The number of hydrogen-bond donors (Lipinski definition) is 1. The molecular weight excluding hydrogens is 194 g/mol. The maximum atomic E-state index is 3.70. The molecule has 1 heteroatoms. The van der Waals surface area contributed by atoms with Crippen LogP contribution in [0.3, 0.4) is 0 Å². The van der Waals surface area contributed by atoms with Crippen molar-refractivity contribution >= 4 is 0 Å². The third kappa shape index (κ3) is 3.48. The summed E-state index contributed by atoms with van der Waals surface area (Å²) in [4.78, 5) is 0. The number of rotatable bonds is 4. The molecule has 1 heterocycles. The lowest BCUT2D eigenvalue weighted by molar-refractivity contribution is 0.274. The van der Waals surface area contributed by atoms with E-state index in [-0.39, 0.29) is 0 Å². The van der Waals surface area contributed by atoms with Crippen molar-refractivity contribution in [1.29, 1.82) is 0 Å². The Labute approximate surface area is 101 Å². The first-order valence-electron chi connectivity index (χ1n) is 6.73. The quantitative estimate of drug-likeness (QED) is 0.709. The molecule has 0 aromatic carbocycles. The van der Waals surface area contributed by atoms with E-state index in [9.17, 15) is 0 Å². The van der Waals surface area contributed by atoms with Crippen molar-refractivity contribution in [2.45, 2.75) is 53.0 Å². The number of hydrogen-bond acceptors (Lipinski definition) is 1. The van der Waals surface area contributed by atoms with Gasteiger partial charge in [0.15, 0.2) is 0 Å². The van der Waals surface area contributed by atoms with Gasteiger partial charge in [-0.25, -0.2) is 0 Å². The van der Waals surface area contributed by atoms with Crippen molar-refractivity contribution in [3.8, 4) is 0 Å². The third-order valence-corrected chi connectivity index (χ3v) is 3.58. The minimum atomic E-state index is 0.668. The Balaban J connectivity index is 2.79. The molecule has 2 atom stereocenters. The summed E-state index contributed by atoms with van der Waals surface area (Å²) in [6, 6.07) is 0.677. The second-order valence-corrected chi connectivity index (χ2v) is 5.11. The summed E-state index contributed by atoms with van der Waals surface area (Å²) in [6.07, 6.45) is 10.8. The van der Waals surface area contributed by atoms with E-state index in [0.29, 0.717) is 17.9 Å². The van der Waals surface area contributed by atoms with Crippen LogP contribution < -0.4 is 5.32 Å². The molecule has 0 saturated carbocycles. The normalized spacial score (nSPS) is 25.3. The summed E-state index contributed by atoms with van der Waals surface area (Å²) >= 11 is 0. The zero-order valence-corrected chi connectivity index (χ0v) is 11.3. The topological polar surface area (TPSA) is 12.0 Å². The van der Waals surface area contributed by atoms with Gasteiger partial charge in [0.25, 0.3) is 0 Å². The Morgan fingerprint density at radius 3 is 2.44 bits per heavy atom. The van der Waals surface area contributed by atoms with Crippen molar-refractivity contribution in [1.82, 2.24) is 5.32 Å². The molecule has 1 aliphatic heterocycles. The molecule has 1 rings (SSSR count). The predicted octanol–water partition coefficient (Wildman–Crippen LogP) is 3.92. The second-order valence-electron chi connectivity index (χ2n) is 5.11. The van der Waals surface area contributed by atoms with Gasteiger partial charge < -0.3 is 5.32 Å². The van der Waals surface area contributed by atoms with Gasteiger partial charge in [-0.2, -0.15) is 0 Å². The lowest BCUT2D eigenvalue weighted by atomic mass is 9.78. The first-order valence-corrected chi connectivity index (χ1v) is 6.73. The van der Waals surface area contributed by atoms with E-state index in [0.717, 1.165) is 0 Å². The van der Waals surface area contributed by atoms with E-state index in [4.69, 9.17) is 0 Å². The van der Waals surface area contributed by atoms with Gasteiger partial charge in [-0.3, -0.25) is 0 Å². The standard InChI is InChI=1S/C15H27N/c1-5-9-13(6-2)15(12(3)4)14-10-7-8-11-16-14/h5-6,9,12,14-16H,7-8,10-11H2,1-4H3/b9-5-,13-6+. The fourth-order valence-corrected chi connectivity index (χ4v) is 2.86. The Bertz CT molecular complexity index is 244. The van der Waals surface area contributed by atoms with Crippen molar-refractivity contribution in [2.24, 2.45) is 11.8 Å². The molecule has 0 spiro atoms. The van der Waals surface area contributed by atoms with E-state index in [1.807, 2.05) is 0 Å². The van der Waals surface area contributed by atoms with E-state index in [1.165, 1.54) is 31.4 Å². The SMILES string of the molecule is C/C=C\C(=C/C)C(C(C)C)C1CCCCN1. The fraction of sp³-hybridized carbons (Fsp3) is 0.733. The first kappa shape index (κ1) is 13.5. The summed E-state index contributed by atoms with van der Waals surface area (Å²) in [7, 11) is 0. The molecule has 1 nitrogen and oxygen atoms in total. The van der Waals surface area contributed by atoms with Crippen LogP contribution in [-0.2, 0) is 0 Å². The summed E-state index contributed by atoms with van der Waals surface area (Å²) in [6.45, 7) is 10.1. The Morgan fingerprint density at radius 2 is 2.00 bits per heavy atom. The average Bonchev–Trinajstić information content (AvgIpc) is 2.29. The molecule has 92 valence electrons. The van der Waals surface area contributed by atoms with Gasteiger partial charge in [0.2, 0.25) is 0 Å². The molecule has 16 heavy (non-hydrogen) atoms. The van der Waals surface area contributed by atoms with Gasteiger partial charge in [0.05, 0.1) is 0 Å². The van der Waals surface area contributed by atoms with Crippen molar-refractivity contribution in [3.05, 3.63) is 23.8 Å². The molecule has 1 saturated heterocycles. The number of piperidine rings is 1. The van der Waals surface area contributed by atoms with E-state index in [2.05, 4.69) is 51.2 Å². The minimum absolute atomic E-state index is 0.668. The average molecular weight is 221 g/mol. The largest absolute Gasteiger partial charge is 0.313 e. The lowest BCUT2D eigenvalue weighted by Gasteiger charge is -2.35. The molecule has 0 bridgehead atoms. The van der Waals surface area contributed by atoms with Crippen molar-refractivity contribution in [2.75, 3.05) is 6.54 Å². The van der Waals surface area contributed by atoms with E-state index in [1.54, 1.807) is 0 Å². The summed E-state index contributed by atoms with van der Waals surface area (Å²) in [5.74, 6) is 1.37. The minimum Gasteiger partial charge on any atom is -0.313 e. The van der Waals surface area contributed by atoms with Crippen LogP contribution in [0.5, 0.6) is 0 Å². The maximum absolute atomic E-state index is 3.70.